The van der Waals surface area contributed by atoms with Gasteiger partial charge in [0.2, 0.25) is 0 Å². The van der Waals surface area contributed by atoms with E-state index in [2.05, 4.69) is 14.9 Å². The second-order valence-electron chi connectivity index (χ2n) is 5.93. The van der Waals surface area contributed by atoms with Gasteiger partial charge in [-0.15, -0.1) is 0 Å². The minimum atomic E-state index is -0.478. The van der Waals surface area contributed by atoms with Gasteiger partial charge in [-0.1, -0.05) is 0 Å². The van der Waals surface area contributed by atoms with Crippen LogP contribution in [0.15, 0.2) is 17.2 Å². The molecule has 1 aliphatic heterocycles. The fraction of sp³-hybridized carbons (Fsp3) is 0.562. The maximum atomic E-state index is 12.5. The molecule has 2 atom stereocenters. The number of carbonyl (C=O) groups is 3. The number of nitrogens with one attached hydrogen (secondary N) is 1. The molecule has 2 heterocycles. The molecule has 0 bridgehead atoms. The molecule has 27 heavy (non-hydrogen) atoms. The third-order valence-electron chi connectivity index (χ3n) is 4.00. The molecule has 1 aromatic heterocycles. The number of carbonyl (C=O) groups excluding carboxylic acids is 1. The molecule has 0 saturated carbocycles. The molecule has 0 radical (unpaired) electrons. The number of hydrogen-bond donors (Lipinski definition) is 4. The Hall–Kier alpha value is -2.79. The molecular weight excluding hydrogens is 360 g/mol. The van der Waals surface area contributed by atoms with Crippen LogP contribution in [0.25, 0.3) is 0 Å². The van der Waals surface area contributed by atoms with E-state index >= 15 is 0 Å². The number of rotatable bonds is 3. The first-order valence-electron chi connectivity index (χ1n) is 8.12. The number of hydrogen-bond acceptors (Lipinski definition) is 7. The van der Waals surface area contributed by atoms with Crippen molar-refractivity contribution in [2.75, 3.05) is 33.8 Å². The minimum Gasteiger partial charge on any atom is -0.483 e. The number of likely N-dealkylation sites (N-methyl/N-ethyl adjacent to an activating group) is 1. The number of likely N-dealkylation sites (tertiary alicyclic amines) is 1. The van der Waals surface area contributed by atoms with Crippen LogP contribution in [0, 0.1) is 5.92 Å². The fourth-order valence-corrected chi connectivity index (χ4v) is 2.64. The summed E-state index contributed by atoms with van der Waals surface area (Å²) in [5, 5.41) is 23.2. The van der Waals surface area contributed by atoms with E-state index in [0.717, 1.165) is 12.8 Å². The summed E-state index contributed by atoms with van der Waals surface area (Å²) in [5.41, 5.74) is -0.567. The van der Waals surface area contributed by atoms with Gasteiger partial charge in [-0.3, -0.25) is 19.2 Å². The van der Waals surface area contributed by atoms with Crippen molar-refractivity contribution < 1.29 is 29.7 Å². The van der Waals surface area contributed by atoms with Crippen molar-refractivity contribution in [3.63, 3.8) is 0 Å². The van der Waals surface area contributed by atoms with Crippen molar-refractivity contribution in [2.45, 2.75) is 18.9 Å². The van der Waals surface area contributed by atoms with Gasteiger partial charge in [0.05, 0.1) is 0 Å². The number of aromatic nitrogens is 2. The summed E-state index contributed by atoms with van der Waals surface area (Å²) >= 11 is 0. The van der Waals surface area contributed by atoms with Crippen molar-refractivity contribution in [1.29, 1.82) is 0 Å². The molecule has 11 nitrogen and oxygen atoms in total. The van der Waals surface area contributed by atoms with Gasteiger partial charge in [-0.05, 0) is 32.9 Å². The highest BCUT2D eigenvalue weighted by Crippen LogP contribution is 2.19. The molecule has 1 amide bonds. The molecular formula is C16H26N4O7. The highest BCUT2D eigenvalue weighted by atomic mass is 16.3. The summed E-state index contributed by atoms with van der Waals surface area (Å²) in [6, 6.07) is 0.216. The minimum absolute atomic E-state index is 0.0432. The highest BCUT2D eigenvalue weighted by molar-refractivity contribution is 5.91. The molecule has 11 heteroatoms. The number of aliphatic hydroxyl groups excluding tert-OH is 1. The van der Waals surface area contributed by atoms with Crippen LogP contribution < -0.4 is 5.56 Å². The Morgan fingerprint density at radius 3 is 2.37 bits per heavy atom. The van der Waals surface area contributed by atoms with E-state index in [1.165, 1.54) is 12.4 Å². The fourth-order valence-electron chi connectivity index (χ4n) is 2.64. The highest BCUT2D eigenvalue weighted by Gasteiger charge is 2.29. The predicted octanol–water partition coefficient (Wildman–Crippen LogP) is -1.05. The van der Waals surface area contributed by atoms with E-state index < -0.39 is 5.56 Å². The van der Waals surface area contributed by atoms with Gasteiger partial charge in [0.25, 0.3) is 24.4 Å². The van der Waals surface area contributed by atoms with Crippen LogP contribution in [0.2, 0.25) is 0 Å². The van der Waals surface area contributed by atoms with Crippen molar-refractivity contribution in [3.05, 3.63) is 28.4 Å². The molecule has 0 aromatic carbocycles. The zero-order valence-electron chi connectivity index (χ0n) is 15.3. The van der Waals surface area contributed by atoms with Crippen LogP contribution in [0.3, 0.4) is 0 Å². The molecule has 2 rings (SSSR count). The smallest absolute Gasteiger partial charge is 0.290 e. The summed E-state index contributed by atoms with van der Waals surface area (Å²) in [7, 11) is 3.94. The summed E-state index contributed by atoms with van der Waals surface area (Å²) in [4.78, 5) is 51.1. The average Bonchev–Trinajstić information content (AvgIpc) is 2.86. The van der Waals surface area contributed by atoms with Gasteiger partial charge in [0.1, 0.15) is 0 Å². The van der Waals surface area contributed by atoms with E-state index in [9.17, 15) is 14.7 Å². The van der Waals surface area contributed by atoms with Crippen LogP contribution >= 0.6 is 0 Å². The van der Waals surface area contributed by atoms with Crippen molar-refractivity contribution in [1.82, 2.24) is 19.8 Å². The van der Waals surface area contributed by atoms with E-state index in [0.29, 0.717) is 13.1 Å². The average molecular weight is 386 g/mol. The zero-order chi connectivity index (χ0) is 20.8. The third-order valence-corrected chi connectivity index (χ3v) is 4.00. The monoisotopic (exact) mass is 386 g/mol. The van der Waals surface area contributed by atoms with E-state index in [1.54, 1.807) is 4.90 Å². The standard InChI is InChI=1S/C14H22N4O3.2CH2O2/c1-17(2)11-4-3-10(9-19)7-18(8-11)14(21)12-13(20)16-6-5-15-12;2*2-1-3/h5-6,10-11,19H,3-4,7-9H2,1-2H3,(H,16,20);2*1H,(H,2,3)/t10-,11+;;/m0../s1. The van der Waals surface area contributed by atoms with Gasteiger partial charge < -0.3 is 30.1 Å². The first-order chi connectivity index (χ1) is 12.9. The lowest BCUT2D eigenvalue weighted by atomic mass is 10.0. The second kappa shape index (κ2) is 13.4. The molecule has 0 unspecified atom stereocenters. The van der Waals surface area contributed by atoms with Gasteiger partial charge >= 0.3 is 0 Å². The maximum Gasteiger partial charge on any atom is 0.290 e. The Balaban J connectivity index is 0.000000997. The number of aromatic amines is 1. The topological polar surface area (TPSA) is 164 Å². The molecule has 1 aromatic rings. The number of carboxylic acid groups (broad SMARTS) is 2. The van der Waals surface area contributed by atoms with Gasteiger partial charge in [0.15, 0.2) is 5.69 Å². The summed E-state index contributed by atoms with van der Waals surface area (Å²) in [5.74, 6) is -0.328. The van der Waals surface area contributed by atoms with Gasteiger partial charge in [0, 0.05) is 38.1 Å². The second-order valence-corrected chi connectivity index (χ2v) is 5.93. The third kappa shape index (κ3) is 8.42. The first-order valence-corrected chi connectivity index (χ1v) is 8.12. The first kappa shape index (κ1) is 24.2. The van der Waals surface area contributed by atoms with Crippen molar-refractivity contribution >= 4 is 18.9 Å². The van der Waals surface area contributed by atoms with Crippen LogP contribution in [-0.4, -0.2) is 93.8 Å². The van der Waals surface area contributed by atoms with Gasteiger partial charge in [-0.2, -0.15) is 0 Å². The lowest BCUT2D eigenvalue weighted by molar-refractivity contribution is -0.123. The Morgan fingerprint density at radius 2 is 1.89 bits per heavy atom. The van der Waals surface area contributed by atoms with Crippen molar-refractivity contribution in [3.8, 4) is 0 Å². The summed E-state index contributed by atoms with van der Waals surface area (Å²) in [6.45, 7) is 0.538. The number of nitrogens with zero attached hydrogens (tertiary/aromatic N) is 3. The number of amides is 1. The molecule has 1 saturated heterocycles. The summed E-state index contributed by atoms with van der Waals surface area (Å²) < 4.78 is 0. The Labute approximate surface area is 156 Å². The van der Waals surface area contributed by atoms with Crippen LogP contribution in [-0.2, 0) is 9.59 Å². The predicted molar refractivity (Wildman–Crippen MR) is 95.4 cm³/mol. The van der Waals surface area contributed by atoms with E-state index in [4.69, 9.17) is 19.8 Å². The maximum absolute atomic E-state index is 12.5. The largest absolute Gasteiger partial charge is 0.483 e. The number of aliphatic hydroxyl groups is 1. The quantitative estimate of drug-likeness (QED) is 0.474. The lowest BCUT2D eigenvalue weighted by Crippen LogP contribution is -2.44. The van der Waals surface area contributed by atoms with E-state index in [1.807, 2.05) is 14.1 Å². The SMILES string of the molecule is CN(C)[C@@H]1CC[C@H](CO)CN(C(=O)c2ncc[nH]c2=O)C1.O=CO.O=CO. The van der Waals surface area contributed by atoms with E-state index in [-0.39, 0.29) is 43.1 Å². The summed E-state index contributed by atoms with van der Waals surface area (Å²) in [6.07, 6.45) is 4.59. The lowest BCUT2D eigenvalue weighted by Gasteiger charge is -2.28. The Bertz CT molecular complexity index is 629. The normalized spacial score (nSPS) is 18.9. The molecule has 1 aliphatic rings. The molecule has 1 fully saturated rings. The van der Waals surface area contributed by atoms with Gasteiger partial charge in [-0.25, -0.2) is 4.98 Å². The molecule has 0 aliphatic carbocycles. The van der Waals surface area contributed by atoms with Crippen LogP contribution in [0.1, 0.15) is 23.3 Å². The van der Waals surface area contributed by atoms with Crippen molar-refractivity contribution in [2.24, 2.45) is 5.92 Å². The number of H-pyrrole nitrogens is 1. The zero-order valence-corrected chi connectivity index (χ0v) is 15.3. The molecule has 4 N–H and O–H groups in total. The Morgan fingerprint density at radius 1 is 1.30 bits per heavy atom. The van der Waals surface area contributed by atoms with Crippen LogP contribution in [0.5, 0.6) is 0 Å². The molecule has 0 spiro atoms. The Kier molecular flexibility index (Phi) is 12.0. The molecule has 152 valence electrons. The van der Waals surface area contributed by atoms with Crippen LogP contribution in [0.4, 0.5) is 0 Å².